The van der Waals surface area contributed by atoms with E-state index in [1.165, 1.54) is 5.56 Å². The highest BCUT2D eigenvalue weighted by atomic mass is 79.9. The Hall–Kier alpha value is -2.83. The van der Waals surface area contributed by atoms with Crippen LogP contribution in [0.5, 0.6) is 5.75 Å². The highest BCUT2D eigenvalue weighted by molar-refractivity contribution is 9.10. The molecule has 0 spiro atoms. The number of benzene rings is 3. The molecule has 0 atom stereocenters. The molecular formula is C28H32BrN3O2. The number of anilines is 1. The summed E-state index contributed by atoms with van der Waals surface area (Å²) < 4.78 is 6.79. The van der Waals surface area contributed by atoms with Crippen LogP contribution in [-0.2, 0) is 13.1 Å². The lowest BCUT2D eigenvalue weighted by Gasteiger charge is -2.28. The average molecular weight is 522 g/mol. The Balaban J connectivity index is 1.63. The van der Waals surface area contributed by atoms with E-state index in [1.807, 2.05) is 48.2 Å². The number of fused-ring (bicyclic) bond motifs is 1. The Labute approximate surface area is 210 Å². The third-order valence-corrected chi connectivity index (χ3v) is 6.53. The van der Waals surface area contributed by atoms with E-state index in [9.17, 15) is 4.79 Å². The number of halogens is 1. The number of carbonyl (C=O) groups excluding carboxylic acids is 1. The molecule has 0 saturated heterocycles. The molecule has 1 aliphatic heterocycles. The Bertz CT molecular complexity index is 1090. The summed E-state index contributed by atoms with van der Waals surface area (Å²) in [6.45, 7) is 7.16. The van der Waals surface area contributed by atoms with Gasteiger partial charge < -0.3 is 15.0 Å². The Morgan fingerprint density at radius 1 is 1.00 bits per heavy atom. The fourth-order valence-corrected chi connectivity index (χ4v) is 4.73. The molecule has 0 aliphatic carbocycles. The molecule has 0 bridgehead atoms. The van der Waals surface area contributed by atoms with E-state index < -0.39 is 0 Å². The van der Waals surface area contributed by atoms with Crippen molar-refractivity contribution in [2.45, 2.75) is 26.4 Å². The van der Waals surface area contributed by atoms with Crippen molar-refractivity contribution in [1.82, 2.24) is 9.80 Å². The van der Waals surface area contributed by atoms with E-state index in [0.29, 0.717) is 31.0 Å². The van der Waals surface area contributed by atoms with Gasteiger partial charge in [-0.2, -0.15) is 0 Å². The largest absolute Gasteiger partial charge is 0.493 e. The first-order valence-electron chi connectivity index (χ1n) is 11.9. The van der Waals surface area contributed by atoms with Gasteiger partial charge in [0.25, 0.3) is 5.91 Å². The van der Waals surface area contributed by atoms with Gasteiger partial charge in [0.15, 0.2) is 0 Å². The van der Waals surface area contributed by atoms with Gasteiger partial charge in [-0.05, 0) is 54.8 Å². The number of carbonyl (C=O) groups is 1. The second-order valence-corrected chi connectivity index (χ2v) is 9.42. The molecule has 0 unspecified atom stereocenters. The lowest BCUT2D eigenvalue weighted by molar-refractivity contribution is 0.0716. The molecule has 3 aromatic rings. The Morgan fingerprint density at radius 2 is 1.79 bits per heavy atom. The second-order valence-electron chi connectivity index (χ2n) is 8.50. The lowest BCUT2D eigenvalue weighted by atomic mass is 10.1. The number of ether oxygens (including phenoxy) is 1. The molecule has 0 aromatic heterocycles. The summed E-state index contributed by atoms with van der Waals surface area (Å²) in [6, 6.07) is 24.3. The maximum absolute atomic E-state index is 13.8. The molecule has 1 amide bonds. The standard InChI is InChI=1S/C28H32BrN3O2/c1-2-34-27-12-7-6-11-25(27)28(33)32-18-17-31(20-22-9-4-3-5-10-22)16-8-15-30-26-14-13-24(29)19-23(26)21-32/h3-7,9-14,19,30H,2,8,15-18,20-21H2,1H3. The van der Waals surface area contributed by atoms with E-state index >= 15 is 0 Å². The molecule has 1 aliphatic rings. The topological polar surface area (TPSA) is 44.8 Å². The van der Waals surface area contributed by atoms with Crippen molar-refractivity contribution in [2.24, 2.45) is 0 Å². The third-order valence-electron chi connectivity index (χ3n) is 6.03. The summed E-state index contributed by atoms with van der Waals surface area (Å²) in [5, 5.41) is 3.59. The van der Waals surface area contributed by atoms with Crippen molar-refractivity contribution in [3.63, 3.8) is 0 Å². The molecule has 4 rings (SSSR count). The quantitative estimate of drug-likeness (QED) is 0.460. The molecule has 6 heteroatoms. The minimum atomic E-state index is -0.00566. The predicted molar refractivity (Wildman–Crippen MR) is 141 cm³/mol. The predicted octanol–water partition coefficient (Wildman–Crippen LogP) is 5.81. The van der Waals surface area contributed by atoms with E-state index in [0.717, 1.165) is 48.3 Å². The summed E-state index contributed by atoms with van der Waals surface area (Å²) in [5.74, 6) is 0.631. The third kappa shape index (κ3) is 6.39. The van der Waals surface area contributed by atoms with Gasteiger partial charge in [0.2, 0.25) is 0 Å². The molecule has 0 saturated carbocycles. The molecule has 0 radical (unpaired) electrons. The van der Waals surface area contributed by atoms with E-state index in [1.54, 1.807) is 0 Å². The van der Waals surface area contributed by atoms with Gasteiger partial charge in [0.1, 0.15) is 5.75 Å². The van der Waals surface area contributed by atoms with E-state index in [-0.39, 0.29) is 5.91 Å². The van der Waals surface area contributed by atoms with Crippen LogP contribution in [0, 0.1) is 0 Å². The van der Waals surface area contributed by atoms with Crippen molar-refractivity contribution in [1.29, 1.82) is 0 Å². The maximum atomic E-state index is 13.8. The summed E-state index contributed by atoms with van der Waals surface area (Å²) in [7, 11) is 0. The Morgan fingerprint density at radius 3 is 2.62 bits per heavy atom. The Kier molecular flexibility index (Phi) is 8.61. The summed E-state index contributed by atoms with van der Waals surface area (Å²) in [6.07, 6.45) is 1.03. The van der Waals surface area contributed by atoms with Gasteiger partial charge in [-0.25, -0.2) is 0 Å². The zero-order valence-electron chi connectivity index (χ0n) is 19.7. The van der Waals surface area contributed by atoms with Crippen molar-refractivity contribution < 1.29 is 9.53 Å². The highest BCUT2D eigenvalue weighted by Gasteiger charge is 2.22. The molecule has 178 valence electrons. The molecule has 1 heterocycles. The zero-order chi connectivity index (χ0) is 23.8. The first-order valence-corrected chi connectivity index (χ1v) is 12.7. The van der Waals surface area contributed by atoms with Crippen LogP contribution in [0.4, 0.5) is 5.69 Å². The van der Waals surface area contributed by atoms with Crippen molar-refractivity contribution in [3.05, 3.63) is 94.0 Å². The van der Waals surface area contributed by atoms with Crippen LogP contribution < -0.4 is 10.1 Å². The molecule has 5 nitrogen and oxygen atoms in total. The monoisotopic (exact) mass is 521 g/mol. The van der Waals surface area contributed by atoms with Gasteiger partial charge in [-0.15, -0.1) is 0 Å². The van der Waals surface area contributed by atoms with Gasteiger partial charge >= 0.3 is 0 Å². The molecule has 1 N–H and O–H groups in total. The van der Waals surface area contributed by atoms with Crippen molar-refractivity contribution >= 4 is 27.5 Å². The number of hydrogen-bond acceptors (Lipinski definition) is 4. The first-order chi connectivity index (χ1) is 16.6. The number of amides is 1. The van der Waals surface area contributed by atoms with E-state index in [4.69, 9.17) is 4.74 Å². The highest BCUT2D eigenvalue weighted by Crippen LogP contribution is 2.26. The minimum absolute atomic E-state index is 0.00566. The van der Waals surface area contributed by atoms with Gasteiger partial charge in [0, 0.05) is 49.4 Å². The van der Waals surface area contributed by atoms with Gasteiger partial charge in [-0.3, -0.25) is 9.69 Å². The number of nitrogens with zero attached hydrogens (tertiary/aromatic N) is 2. The zero-order valence-corrected chi connectivity index (χ0v) is 21.3. The SMILES string of the molecule is CCOc1ccccc1C(=O)N1CCN(Cc2ccccc2)CCCNc2ccc(Br)cc2C1. The maximum Gasteiger partial charge on any atom is 0.257 e. The summed E-state index contributed by atoms with van der Waals surface area (Å²) >= 11 is 3.61. The number of hydrogen-bond donors (Lipinski definition) is 1. The normalized spacial score (nSPS) is 15.1. The minimum Gasteiger partial charge on any atom is -0.493 e. The van der Waals surface area contributed by atoms with Gasteiger partial charge in [0.05, 0.1) is 12.2 Å². The van der Waals surface area contributed by atoms with Crippen LogP contribution in [0.15, 0.2) is 77.3 Å². The summed E-state index contributed by atoms with van der Waals surface area (Å²) in [4.78, 5) is 18.2. The van der Waals surface area contributed by atoms with Crippen LogP contribution in [-0.4, -0.2) is 48.5 Å². The number of para-hydroxylation sites is 1. The lowest BCUT2D eigenvalue weighted by Crippen LogP contribution is -2.38. The van der Waals surface area contributed by atoms with Crippen LogP contribution in [0.25, 0.3) is 0 Å². The smallest absolute Gasteiger partial charge is 0.257 e. The molecular weight excluding hydrogens is 490 g/mol. The first kappa shape index (κ1) is 24.3. The fraction of sp³-hybridized carbons (Fsp3) is 0.321. The van der Waals surface area contributed by atoms with Crippen molar-refractivity contribution in [3.8, 4) is 5.75 Å². The fourth-order valence-electron chi connectivity index (χ4n) is 4.32. The van der Waals surface area contributed by atoms with Crippen LogP contribution in [0.3, 0.4) is 0 Å². The van der Waals surface area contributed by atoms with Crippen LogP contribution in [0.2, 0.25) is 0 Å². The van der Waals surface area contributed by atoms with Crippen LogP contribution in [0.1, 0.15) is 34.8 Å². The van der Waals surface area contributed by atoms with Gasteiger partial charge in [-0.1, -0.05) is 58.4 Å². The molecule has 34 heavy (non-hydrogen) atoms. The second kappa shape index (κ2) is 12.0. The molecule has 3 aromatic carbocycles. The van der Waals surface area contributed by atoms with Crippen molar-refractivity contribution in [2.75, 3.05) is 38.1 Å². The van der Waals surface area contributed by atoms with Crippen LogP contribution >= 0.6 is 15.9 Å². The number of rotatable bonds is 5. The molecule has 0 fully saturated rings. The van der Waals surface area contributed by atoms with E-state index in [2.05, 4.69) is 62.5 Å². The average Bonchev–Trinajstić information content (AvgIpc) is 2.89. The summed E-state index contributed by atoms with van der Waals surface area (Å²) in [5.41, 5.74) is 4.08. The number of nitrogens with one attached hydrogen (secondary N) is 1.